The monoisotopic (exact) mass is 838 g/mol. The molecule has 1 amide bonds. The van der Waals surface area contributed by atoms with Gasteiger partial charge in [-0.15, -0.1) is 0 Å². The quantitative estimate of drug-likeness (QED) is 0.0158. The summed E-state index contributed by atoms with van der Waals surface area (Å²) in [6, 6.07) is 0. The van der Waals surface area contributed by atoms with Crippen molar-refractivity contribution in [1.29, 1.82) is 0 Å². The first-order valence-electron chi connectivity index (χ1n) is 18.1. The molecule has 0 unspecified atom stereocenters. The summed E-state index contributed by atoms with van der Waals surface area (Å²) in [5, 5.41) is 5.64. The average Bonchev–Trinajstić information content (AvgIpc) is 3.20. The second-order valence-electron chi connectivity index (χ2n) is 11.6. The number of ether oxygens (including phenoxy) is 11. The standard InChI is InChI=1S/C34H55F5N4O14/c35-28-29(36)31(38)33(32(39)30(28)37)57-27(45)2-7-48-12-11-47-6-1-26(44)43-34(23-54-20-17-51-10-5-42-46,24-55-21-18-52-15-13-49-8-3-40)25-56-22-19-53-16-14-50-9-4-41/h1-25,40-41H2,(H,43,44). The lowest BCUT2D eigenvalue weighted by molar-refractivity contribution is -0.136. The van der Waals surface area contributed by atoms with E-state index < -0.39 is 58.7 Å². The zero-order valence-corrected chi connectivity index (χ0v) is 31.9. The second kappa shape index (κ2) is 33.9. The van der Waals surface area contributed by atoms with E-state index in [9.17, 15) is 36.4 Å². The lowest BCUT2D eigenvalue weighted by atomic mass is 10.0. The highest BCUT2D eigenvalue weighted by Crippen LogP contribution is 2.29. The molecule has 1 rings (SSSR count). The van der Waals surface area contributed by atoms with Gasteiger partial charge in [-0.2, -0.15) is 13.7 Å². The van der Waals surface area contributed by atoms with Gasteiger partial charge in [-0.25, -0.2) is 13.2 Å². The number of rotatable bonds is 39. The number of nitrogens with two attached hydrogens (primary N) is 2. The van der Waals surface area contributed by atoms with Crippen LogP contribution < -0.4 is 21.5 Å². The highest BCUT2D eigenvalue weighted by Gasteiger charge is 2.34. The zero-order valence-electron chi connectivity index (χ0n) is 31.9. The summed E-state index contributed by atoms with van der Waals surface area (Å²) in [7, 11) is 0. The van der Waals surface area contributed by atoms with Gasteiger partial charge in [0, 0.05) is 19.5 Å². The van der Waals surface area contributed by atoms with Crippen molar-refractivity contribution in [1.82, 2.24) is 5.32 Å². The number of nitrogens with zero attached hydrogens (tertiary/aromatic N) is 1. The summed E-state index contributed by atoms with van der Waals surface area (Å²) in [4.78, 5) is 35.3. The van der Waals surface area contributed by atoms with Crippen LogP contribution in [0.25, 0.3) is 0 Å². The van der Waals surface area contributed by atoms with Crippen molar-refractivity contribution < 1.29 is 83.6 Å². The maximum atomic E-state index is 13.7. The highest BCUT2D eigenvalue weighted by atomic mass is 19.2. The van der Waals surface area contributed by atoms with Crippen LogP contribution in [0.2, 0.25) is 0 Å². The largest absolute Gasteiger partial charge is 0.420 e. The number of benzene rings is 1. The Morgan fingerprint density at radius 3 is 1.26 bits per heavy atom. The Bertz CT molecular complexity index is 1200. The van der Waals surface area contributed by atoms with Gasteiger partial charge in [0.15, 0.2) is 0 Å². The lowest BCUT2D eigenvalue weighted by Gasteiger charge is -2.34. The van der Waals surface area contributed by atoms with E-state index >= 15 is 0 Å². The van der Waals surface area contributed by atoms with E-state index in [-0.39, 0.29) is 105 Å². The van der Waals surface area contributed by atoms with Gasteiger partial charge in [0.05, 0.1) is 139 Å². The maximum absolute atomic E-state index is 13.7. The molecule has 57 heavy (non-hydrogen) atoms. The Morgan fingerprint density at radius 1 is 0.491 bits per heavy atom. The summed E-state index contributed by atoms with van der Waals surface area (Å²) in [5.74, 6) is -14.9. The van der Waals surface area contributed by atoms with Crippen LogP contribution in [-0.2, 0) is 57.0 Å². The number of halogens is 5. The van der Waals surface area contributed by atoms with Crippen LogP contribution in [0.15, 0.2) is 5.18 Å². The number of amides is 1. The van der Waals surface area contributed by atoms with Crippen molar-refractivity contribution in [3.8, 4) is 5.75 Å². The van der Waals surface area contributed by atoms with Crippen molar-refractivity contribution in [2.75, 3.05) is 152 Å². The number of carbonyl (C=O) groups excluding carboxylic acids is 2. The summed E-state index contributed by atoms with van der Waals surface area (Å²) in [5.41, 5.74) is 9.60. The molecule has 0 aromatic heterocycles. The summed E-state index contributed by atoms with van der Waals surface area (Å²) < 4.78 is 127. The molecule has 0 saturated heterocycles. The first kappa shape index (κ1) is 51.9. The van der Waals surface area contributed by atoms with Crippen molar-refractivity contribution in [2.45, 2.75) is 18.4 Å². The van der Waals surface area contributed by atoms with Gasteiger partial charge in [-0.05, 0) is 0 Å². The number of hydrogen-bond acceptors (Lipinski definition) is 17. The highest BCUT2D eigenvalue weighted by molar-refractivity contribution is 5.77. The first-order valence-corrected chi connectivity index (χ1v) is 18.1. The smallest absolute Gasteiger partial charge is 0.313 e. The minimum absolute atomic E-state index is 0.0110. The summed E-state index contributed by atoms with van der Waals surface area (Å²) >= 11 is 0. The molecule has 0 aliphatic heterocycles. The van der Waals surface area contributed by atoms with E-state index in [0.717, 1.165) is 0 Å². The van der Waals surface area contributed by atoms with Gasteiger partial charge < -0.3 is 68.9 Å². The molecule has 0 saturated carbocycles. The van der Waals surface area contributed by atoms with Crippen LogP contribution >= 0.6 is 0 Å². The average molecular weight is 839 g/mol. The molecule has 0 radical (unpaired) electrons. The third-order valence-electron chi connectivity index (χ3n) is 6.93. The molecule has 1 aromatic carbocycles. The number of nitroso groups, excluding NO2 is 1. The van der Waals surface area contributed by atoms with Gasteiger partial charge in [-0.1, -0.05) is 5.18 Å². The van der Waals surface area contributed by atoms with Crippen LogP contribution in [-0.4, -0.2) is 169 Å². The SMILES string of the molecule is NCCOCCOCCOCC(COCCOCCN=O)(COCCOCCOCCN)NC(=O)CCOCCOCCC(=O)Oc1c(F)c(F)c(F)c(F)c1F. The van der Waals surface area contributed by atoms with Gasteiger partial charge in [0.2, 0.25) is 40.7 Å². The Hall–Kier alpha value is -3.07. The molecule has 0 atom stereocenters. The van der Waals surface area contributed by atoms with E-state index in [4.69, 9.17) is 58.8 Å². The Balaban J connectivity index is 2.66. The predicted molar refractivity (Wildman–Crippen MR) is 189 cm³/mol. The molecule has 0 bridgehead atoms. The van der Waals surface area contributed by atoms with Gasteiger partial charge in [-0.3, -0.25) is 9.59 Å². The number of esters is 1. The molecular weight excluding hydrogens is 783 g/mol. The Kier molecular flexibility index (Phi) is 30.9. The third-order valence-corrected chi connectivity index (χ3v) is 6.93. The topological polar surface area (TPSA) is 229 Å². The minimum atomic E-state index is -2.39. The van der Waals surface area contributed by atoms with Crippen LogP contribution in [0.3, 0.4) is 0 Å². The molecular formula is C34H55F5N4O14. The fourth-order valence-corrected chi connectivity index (χ4v) is 4.24. The van der Waals surface area contributed by atoms with E-state index in [1.54, 1.807) is 0 Å². The van der Waals surface area contributed by atoms with Crippen molar-refractivity contribution in [3.63, 3.8) is 0 Å². The molecule has 0 fully saturated rings. The third kappa shape index (κ3) is 24.5. The van der Waals surface area contributed by atoms with E-state index in [1.165, 1.54) is 0 Å². The van der Waals surface area contributed by atoms with Crippen molar-refractivity contribution in [3.05, 3.63) is 34.0 Å². The maximum Gasteiger partial charge on any atom is 0.313 e. The fraction of sp³-hybridized carbons (Fsp3) is 0.765. The molecule has 0 aliphatic rings. The summed E-state index contributed by atoms with van der Waals surface area (Å²) in [6.45, 7) is 3.54. The van der Waals surface area contributed by atoms with Crippen LogP contribution in [0.1, 0.15) is 12.8 Å². The molecule has 1 aromatic rings. The second-order valence-corrected chi connectivity index (χ2v) is 11.6. The fourth-order valence-electron chi connectivity index (χ4n) is 4.24. The molecule has 0 spiro atoms. The molecule has 5 N–H and O–H groups in total. The van der Waals surface area contributed by atoms with Crippen molar-refractivity contribution >= 4 is 11.9 Å². The molecule has 0 aliphatic carbocycles. The number of nitrogens with one attached hydrogen (secondary N) is 1. The van der Waals surface area contributed by atoms with Gasteiger partial charge in [0.1, 0.15) is 12.1 Å². The van der Waals surface area contributed by atoms with E-state index in [2.05, 4.69) is 15.2 Å². The van der Waals surface area contributed by atoms with Crippen molar-refractivity contribution in [2.24, 2.45) is 16.6 Å². The number of hydrogen-bond donors (Lipinski definition) is 3. The van der Waals surface area contributed by atoms with Gasteiger partial charge in [0.25, 0.3) is 0 Å². The van der Waals surface area contributed by atoms with Crippen LogP contribution in [0.4, 0.5) is 22.0 Å². The minimum Gasteiger partial charge on any atom is -0.420 e. The van der Waals surface area contributed by atoms with E-state index in [1.807, 2.05) is 0 Å². The molecule has 330 valence electrons. The van der Waals surface area contributed by atoms with Crippen LogP contribution in [0.5, 0.6) is 5.75 Å². The van der Waals surface area contributed by atoms with Crippen LogP contribution in [0, 0.1) is 34.0 Å². The lowest BCUT2D eigenvalue weighted by Crippen LogP contribution is -2.59. The Labute approximate surface area is 327 Å². The first-order chi connectivity index (χ1) is 27.6. The number of carbonyl (C=O) groups is 2. The summed E-state index contributed by atoms with van der Waals surface area (Å²) in [6.07, 6.45) is -0.696. The Morgan fingerprint density at radius 2 is 0.842 bits per heavy atom. The molecule has 0 heterocycles. The molecule has 18 nitrogen and oxygen atoms in total. The van der Waals surface area contributed by atoms with E-state index in [0.29, 0.717) is 52.7 Å². The van der Waals surface area contributed by atoms with Gasteiger partial charge >= 0.3 is 5.97 Å². The zero-order chi connectivity index (χ0) is 42.0. The normalized spacial score (nSPS) is 11.6. The predicted octanol–water partition coefficient (Wildman–Crippen LogP) is 0.773. The molecule has 23 heteroatoms.